The fourth-order valence-electron chi connectivity index (χ4n) is 3.60. The maximum atomic E-state index is 12.7. The second kappa shape index (κ2) is 7.82. The van der Waals surface area contributed by atoms with E-state index in [1.807, 2.05) is 37.3 Å². The highest BCUT2D eigenvalue weighted by Gasteiger charge is 2.62. The molecule has 0 unspecified atom stereocenters. The summed E-state index contributed by atoms with van der Waals surface area (Å²) in [6.07, 6.45) is -0.246. The van der Waals surface area contributed by atoms with E-state index in [2.05, 4.69) is 4.98 Å². The normalized spacial score (nSPS) is 21.0. The number of pyridine rings is 1. The molecule has 1 fully saturated rings. The number of nitrogens with zero attached hydrogens (tertiary/aromatic N) is 1. The highest BCUT2D eigenvalue weighted by Crippen LogP contribution is 2.60. The molecule has 1 aliphatic carbocycles. The van der Waals surface area contributed by atoms with Gasteiger partial charge in [-0.1, -0.05) is 55.8 Å². The molecule has 29 heavy (non-hydrogen) atoms. The molecule has 2 atom stereocenters. The standard InChI is InChI=1S/C22H21ClF3NO2/c1-13-15(6-4-8-16(13)14-7-5-9-27-11-14)12-29-20(28)19-17(21(19,2)3)10-18(23)22(24,25)26/h4-11,17,19H,12H2,1-3H3/t17-,19-/m1/s1. The molecule has 0 N–H and O–H groups in total. The molecule has 0 saturated heterocycles. The minimum Gasteiger partial charge on any atom is -0.461 e. The number of rotatable bonds is 5. The van der Waals surface area contributed by atoms with Crippen molar-refractivity contribution < 1.29 is 22.7 Å². The van der Waals surface area contributed by atoms with E-state index in [1.165, 1.54) is 0 Å². The van der Waals surface area contributed by atoms with Gasteiger partial charge in [0.05, 0.1) is 5.92 Å². The molecule has 3 nitrogen and oxygen atoms in total. The van der Waals surface area contributed by atoms with Crippen LogP contribution in [0.4, 0.5) is 13.2 Å². The van der Waals surface area contributed by atoms with Gasteiger partial charge < -0.3 is 4.74 Å². The molecule has 1 aromatic heterocycles. The fraction of sp³-hybridized carbons (Fsp3) is 0.364. The zero-order valence-electron chi connectivity index (χ0n) is 16.3. The van der Waals surface area contributed by atoms with Crippen molar-refractivity contribution in [2.45, 2.75) is 33.6 Å². The Hall–Kier alpha value is -2.34. The van der Waals surface area contributed by atoms with E-state index >= 15 is 0 Å². The summed E-state index contributed by atoms with van der Waals surface area (Å²) < 4.78 is 43.5. The van der Waals surface area contributed by atoms with E-state index in [4.69, 9.17) is 16.3 Å². The van der Waals surface area contributed by atoms with Gasteiger partial charge in [0, 0.05) is 18.0 Å². The summed E-state index contributed by atoms with van der Waals surface area (Å²) in [6, 6.07) is 9.48. The van der Waals surface area contributed by atoms with Crippen LogP contribution in [-0.4, -0.2) is 17.1 Å². The van der Waals surface area contributed by atoms with Gasteiger partial charge >= 0.3 is 12.1 Å². The Morgan fingerprint density at radius 1 is 1.28 bits per heavy atom. The molecule has 0 spiro atoms. The van der Waals surface area contributed by atoms with E-state index < -0.39 is 34.4 Å². The Bertz CT molecular complexity index is 939. The number of ether oxygens (including phenoxy) is 1. The van der Waals surface area contributed by atoms with Crippen LogP contribution in [0.2, 0.25) is 0 Å². The molecule has 1 saturated carbocycles. The van der Waals surface area contributed by atoms with Gasteiger partial charge in [-0.3, -0.25) is 9.78 Å². The number of carbonyl (C=O) groups excluding carboxylic acids is 1. The van der Waals surface area contributed by atoms with Gasteiger partial charge in [-0.15, -0.1) is 0 Å². The van der Waals surface area contributed by atoms with Crippen LogP contribution in [0, 0.1) is 24.2 Å². The Balaban J connectivity index is 1.70. The van der Waals surface area contributed by atoms with Crippen molar-refractivity contribution >= 4 is 17.6 Å². The maximum Gasteiger partial charge on any atom is 0.426 e. The lowest BCUT2D eigenvalue weighted by Crippen LogP contribution is -2.11. The predicted molar refractivity (Wildman–Crippen MR) is 105 cm³/mol. The number of carbonyl (C=O) groups is 1. The molecule has 2 aromatic rings. The van der Waals surface area contributed by atoms with Gasteiger partial charge in [-0.2, -0.15) is 13.2 Å². The first-order valence-corrected chi connectivity index (χ1v) is 9.51. The van der Waals surface area contributed by atoms with Gasteiger partial charge in [-0.25, -0.2) is 0 Å². The van der Waals surface area contributed by atoms with Gasteiger partial charge in [0.1, 0.15) is 11.6 Å². The van der Waals surface area contributed by atoms with Crippen LogP contribution in [0.3, 0.4) is 0 Å². The van der Waals surface area contributed by atoms with Crippen molar-refractivity contribution in [2.24, 2.45) is 17.3 Å². The lowest BCUT2D eigenvalue weighted by Gasteiger charge is -2.12. The highest BCUT2D eigenvalue weighted by molar-refractivity contribution is 6.30. The van der Waals surface area contributed by atoms with Gasteiger partial charge in [0.25, 0.3) is 0 Å². The Morgan fingerprint density at radius 3 is 2.62 bits per heavy atom. The third-order valence-corrected chi connectivity index (χ3v) is 5.89. The third-order valence-electron chi connectivity index (χ3n) is 5.55. The summed E-state index contributed by atoms with van der Waals surface area (Å²) in [4.78, 5) is 16.6. The summed E-state index contributed by atoms with van der Waals surface area (Å²) in [6.45, 7) is 5.44. The van der Waals surface area contributed by atoms with Crippen LogP contribution >= 0.6 is 11.6 Å². The molecule has 154 valence electrons. The van der Waals surface area contributed by atoms with E-state index in [-0.39, 0.29) is 6.61 Å². The second-order valence-electron chi connectivity index (χ2n) is 7.78. The lowest BCUT2D eigenvalue weighted by molar-refractivity contribution is -0.147. The number of halogens is 4. The highest BCUT2D eigenvalue weighted by atomic mass is 35.5. The summed E-state index contributed by atoms with van der Waals surface area (Å²) in [5.74, 6) is -1.78. The largest absolute Gasteiger partial charge is 0.461 e. The summed E-state index contributed by atoms with van der Waals surface area (Å²) in [7, 11) is 0. The summed E-state index contributed by atoms with van der Waals surface area (Å²) in [5.41, 5.74) is 3.10. The third kappa shape index (κ3) is 4.47. The van der Waals surface area contributed by atoms with Gasteiger partial charge in [0.2, 0.25) is 0 Å². The van der Waals surface area contributed by atoms with Crippen LogP contribution in [0.25, 0.3) is 11.1 Å². The first kappa shape index (κ1) is 21.4. The van der Waals surface area contributed by atoms with Gasteiger partial charge in [-0.05, 0) is 41.0 Å². The van der Waals surface area contributed by atoms with Crippen LogP contribution in [0.1, 0.15) is 25.0 Å². The SMILES string of the molecule is Cc1c(COC(=O)[C@H]2[C@@H](C=C(Cl)C(F)(F)F)C2(C)C)cccc1-c1cccnc1. The van der Waals surface area contributed by atoms with Gasteiger partial charge in [0.15, 0.2) is 0 Å². The summed E-state index contributed by atoms with van der Waals surface area (Å²) in [5, 5.41) is -1.20. The Labute approximate surface area is 172 Å². The van der Waals surface area contributed by atoms with Crippen molar-refractivity contribution in [3.63, 3.8) is 0 Å². The molecule has 1 aliphatic rings. The van der Waals surface area contributed by atoms with Crippen LogP contribution < -0.4 is 0 Å². The zero-order chi connectivity index (χ0) is 21.4. The van der Waals surface area contributed by atoms with E-state index in [1.54, 1.807) is 26.2 Å². The summed E-state index contributed by atoms with van der Waals surface area (Å²) >= 11 is 5.34. The molecular weight excluding hydrogens is 403 g/mol. The van der Waals surface area contributed by atoms with Crippen molar-refractivity contribution in [3.05, 3.63) is 65.0 Å². The molecule has 0 radical (unpaired) electrons. The van der Waals surface area contributed by atoms with Crippen molar-refractivity contribution in [1.82, 2.24) is 4.98 Å². The number of hydrogen-bond donors (Lipinski definition) is 0. The molecule has 1 heterocycles. The number of aromatic nitrogens is 1. The molecule has 3 rings (SSSR count). The van der Waals surface area contributed by atoms with Crippen molar-refractivity contribution in [3.8, 4) is 11.1 Å². The van der Waals surface area contributed by atoms with Crippen LogP contribution in [-0.2, 0) is 16.1 Å². The first-order chi connectivity index (χ1) is 13.5. The molecular formula is C22H21ClF3NO2. The van der Waals surface area contributed by atoms with Crippen LogP contribution in [0.15, 0.2) is 53.8 Å². The quantitative estimate of drug-likeness (QED) is 0.549. The average Bonchev–Trinajstić information content (AvgIpc) is 3.20. The average molecular weight is 424 g/mol. The topological polar surface area (TPSA) is 39.2 Å². The Morgan fingerprint density at radius 2 is 2.00 bits per heavy atom. The lowest BCUT2D eigenvalue weighted by atomic mass is 9.98. The Kier molecular flexibility index (Phi) is 5.77. The fourth-order valence-corrected chi connectivity index (χ4v) is 3.74. The number of esters is 1. The smallest absolute Gasteiger partial charge is 0.426 e. The molecule has 0 bridgehead atoms. The van der Waals surface area contributed by atoms with Crippen molar-refractivity contribution in [2.75, 3.05) is 0 Å². The molecule has 7 heteroatoms. The number of hydrogen-bond acceptors (Lipinski definition) is 3. The zero-order valence-corrected chi connectivity index (χ0v) is 17.0. The van der Waals surface area contributed by atoms with Crippen LogP contribution in [0.5, 0.6) is 0 Å². The predicted octanol–water partition coefficient (Wildman–Crippen LogP) is 6.06. The molecule has 1 aromatic carbocycles. The molecule has 0 amide bonds. The number of alkyl halides is 3. The molecule has 0 aliphatic heterocycles. The van der Waals surface area contributed by atoms with Crippen molar-refractivity contribution in [1.29, 1.82) is 0 Å². The van der Waals surface area contributed by atoms with E-state index in [0.29, 0.717) is 0 Å². The maximum absolute atomic E-state index is 12.7. The monoisotopic (exact) mass is 423 g/mol. The number of allylic oxidation sites excluding steroid dienone is 2. The van der Waals surface area contributed by atoms with E-state index in [0.717, 1.165) is 28.3 Å². The first-order valence-electron chi connectivity index (χ1n) is 9.13. The second-order valence-corrected chi connectivity index (χ2v) is 8.18. The minimum absolute atomic E-state index is 0.0504. The number of benzene rings is 1. The van der Waals surface area contributed by atoms with E-state index in [9.17, 15) is 18.0 Å². The minimum atomic E-state index is -4.61.